The van der Waals surface area contributed by atoms with Crippen LogP contribution in [-0.4, -0.2) is 9.52 Å². The van der Waals surface area contributed by atoms with Crippen molar-refractivity contribution < 1.29 is 0 Å². The van der Waals surface area contributed by atoms with Gasteiger partial charge in [0.25, 0.3) is 0 Å². The molecule has 0 aliphatic rings. The molecule has 0 N–H and O–H groups in total. The van der Waals surface area contributed by atoms with E-state index in [0.717, 1.165) is 0 Å². The molecule has 3 aromatic carbocycles. The van der Waals surface area contributed by atoms with Crippen LogP contribution in [0, 0.1) is 6.92 Å². The molecule has 0 heterocycles. The Morgan fingerprint density at radius 1 is 0.619 bits per heavy atom. The van der Waals surface area contributed by atoms with Gasteiger partial charge in [-0.3, -0.25) is 0 Å². The van der Waals surface area contributed by atoms with Crippen LogP contribution in [0.1, 0.15) is 5.56 Å². The second-order valence-corrected chi connectivity index (χ2v) is 6.85. The molecule has 0 bridgehead atoms. The molecular weight excluding hydrogens is 268 g/mol. The van der Waals surface area contributed by atoms with Crippen LogP contribution in [0.25, 0.3) is 22.3 Å². The van der Waals surface area contributed by atoms with Gasteiger partial charge in [-0.25, -0.2) is 0 Å². The summed E-state index contributed by atoms with van der Waals surface area (Å²) in [6.45, 7) is 4.58. The second kappa shape index (κ2) is 6.11. The summed E-state index contributed by atoms with van der Waals surface area (Å²) in [6.07, 6.45) is 0. The molecule has 0 nitrogen and oxygen atoms in total. The Morgan fingerprint density at radius 3 is 1.67 bits per heavy atom. The molecule has 0 saturated heterocycles. The van der Waals surface area contributed by atoms with Gasteiger partial charge in [0.2, 0.25) is 0 Å². The smallest absolute Gasteiger partial charge is 0.0525 e. The Hall–Kier alpha value is -2.12. The number of aryl methyl sites for hydroxylation is 1. The fourth-order valence-electron chi connectivity index (χ4n) is 2.96. The normalized spacial score (nSPS) is 11.1. The Bertz CT molecular complexity index is 731. The maximum absolute atomic E-state index is 2.37. The molecule has 0 radical (unpaired) electrons. The van der Waals surface area contributed by atoms with Crippen LogP contribution < -0.4 is 5.19 Å². The van der Waals surface area contributed by atoms with Crippen LogP contribution >= 0.6 is 0 Å². The van der Waals surface area contributed by atoms with Gasteiger partial charge in [0, 0.05) is 0 Å². The van der Waals surface area contributed by atoms with Crippen molar-refractivity contribution in [3.8, 4) is 22.3 Å². The van der Waals surface area contributed by atoms with Crippen molar-refractivity contribution >= 4 is 14.7 Å². The molecular formula is C20H20Si. The van der Waals surface area contributed by atoms with Crippen molar-refractivity contribution in [2.45, 2.75) is 13.5 Å². The molecule has 3 aromatic rings. The zero-order valence-corrected chi connectivity index (χ0v) is 14.0. The fourth-order valence-corrected chi connectivity index (χ4v) is 4.04. The molecule has 0 amide bonds. The van der Waals surface area contributed by atoms with E-state index < -0.39 is 0 Å². The Morgan fingerprint density at radius 2 is 1.14 bits per heavy atom. The van der Waals surface area contributed by atoms with Crippen molar-refractivity contribution in [3.05, 3.63) is 78.4 Å². The highest BCUT2D eigenvalue weighted by Gasteiger charge is 2.13. The third kappa shape index (κ3) is 2.70. The lowest BCUT2D eigenvalue weighted by Gasteiger charge is -2.17. The standard InChI is InChI=1S/C20H20Si/c1-15-13-14-18(21-2)20(17-11-7-4-8-12-17)19(15)16-9-5-3-6-10-16/h3-14H,21H2,1-2H3. The van der Waals surface area contributed by atoms with Crippen molar-refractivity contribution in [1.82, 2.24) is 0 Å². The summed E-state index contributed by atoms with van der Waals surface area (Å²) in [4.78, 5) is 0. The van der Waals surface area contributed by atoms with E-state index in [1.165, 1.54) is 27.8 Å². The van der Waals surface area contributed by atoms with E-state index in [9.17, 15) is 0 Å². The summed E-state index contributed by atoms with van der Waals surface area (Å²) in [7, 11) is -0.224. The first kappa shape index (κ1) is 13.8. The van der Waals surface area contributed by atoms with Crippen LogP contribution in [0.15, 0.2) is 72.8 Å². The van der Waals surface area contributed by atoms with Gasteiger partial charge in [-0.15, -0.1) is 0 Å². The summed E-state index contributed by atoms with van der Waals surface area (Å²) in [5, 5.41) is 1.55. The van der Waals surface area contributed by atoms with Crippen molar-refractivity contribution in [1.29, 1.82) is 0 Å². The fraction of sp³-hybridized carbons (Fsp3) is 0.100. The molecule has 0 aliphatic carbocycles. The summed E-state index contributed by atoms with van der Waals surface area (Å²) in [5.74, 6) is 0. The highest BCUT2D eigenvalue weighted by molar-refractivity contribution is 6.54. The van der Waals surface area contributed by atoms with E-state index in [1.807, 2.05) is 0 Å². The van der Waals surface area contributed by atoms with E-state index in [4.69, 9.17) is 0 Å². The van der Waals surface area contributed by atoms with E-state index >= 15 is 0 Å². The first-order chi connectivity index (χ1) is 10.3. The van der Waals surface area contributed by atoms with E-state index in [1.54, 1.807) is 5.19 Å². The van der Waals surface area contributed by atoms with Gasteiger partial charge in [0.15, 0.2) is 0 Å². The summed E-state index contributed by atoms with van der Waals surface area (Å²) in [5.41, 5.74) is 6.85. The first-order valence-electron chi connectivity index (χ1n) is 7.54. The predicted octanol–water partition coefficient (Wildman–Crippen LogP) is 4.17. The topological polar surface area (TPSA) is 0 Å². The van der Waals surface area contributed by atoms with Crippen LogP contribution in [0.4, 0.5) is 0 Å². The van der Waals surface area contributed by atoms with Crippen LogP contribution in [-0.2, 0) is 0 Å². The average Bonchev–Trinajstić information content (AvgIpc) is 2.56. The van der Waals surface area contributed by atoms with Crippen LogP contribution in [0.3, 0.4) is 0 Å². The molecule has 0 saturated carbocycles. The molecule has 1 heteroatoms. The van der Waals surface area contributed by atoms with Gasteiger partial charge in [-0.05, 0) is 34.7 Å². The van der Waals surface area contributed by atoms with Crippen LogP contribution in [0.5, 0.6) is 0 Å². The lowest BCUT2D eigenvalue weighted by molar-refractivity contribution is 1.46. The Labute approximate surface area is 129 Å². The molecule has 21 heavy (non-hydrogen) atoms. The van der Waals surface area contributed by atoms with Crippen molar-refractivity contribution in [2.75, 3.05) is 0 Å². The summed E-state index contributed by atoms with van der Waals surface area (Å²) < 4.78 is 0. The second-order valence-electron chi connectivity index (χ2n) is 5.38. The third-order valence-electron chi connectivity index (χ3n) is 4.01. The largest absolute Gasteiger partial charge is 0.0708 e. The molecule has 104 valence electrons. The number of benzene rings is 3. The lowest BCUT2D eigenvalue weighted by atomic mass is 9.91. The average molecular weight is 288 g/mol. The molecule has 0 aliphatic heterocycles. The Kier molecular flexibility index (Phi) is 4.02. The molecule has 0 spiro atoms. The quantitative estimate of drug-likeness (QED) is 0.635. The van der Waals surface area contributed by atoms with Gasteiger partial charge < -0.3 is 0 Å². The van der Waals surface area contributed by atoms with Gasteiger partial charge in [-0.1, -0.05) is 84.5 Å². The predicted molar refractivity (Wildman–Crippen MR) is 96.1 cm³/mol. The SMILES string of the molecule is C[SiH2]c1ccc(C)c(-c2ccccc2)c1-c1ccccc1. The maximum atomic E-state index is 2.37. The zero-order chi connectivity index (χ0) is 14.7. The van der Waals surface area contributed by atoms with Crippen LogP contribution in [0.2, 0.25) is 6.55 Å². The van der Waals surface area contributed by atoms with E-state index in [0.29, 0.717) is 0 Å². The number of hydrogen-bond donors (Lipinski definition) is 0. The third-order valence-corrected chi connectivity index (χ3v) is 5.36. The molecule has 0 fully saturated rings. The Balaban J connectivity index is 2.33. The summed E-state index contributed by atoms with van der Waals surface area (Å²) in [6, 6.07) is 26.2. The highest BCUT2D eigenvalue weighted by Crippen LogP contribution is 2.33. The first-order valence-corrected chi connectivity index (χ1v) is 9.66. The maximum Gasteiger partial charge on any atom is 0.0525 e. The minimum Gasteiger partial charge on any atom is -0.0708 e. The molecule has 0 unspecified atom stereocenters. The van der Waals surface area contributed by atoms with E-state index in [2.05, 4.69) is 86.3 Å². The van der Waals surface area contributed by atoms with Gasteiger partial charge >= 0.3 is 0 Å². The minimum atomic E-state index is -0.224. The van der Waals surface area contributed by atoms with Gasteiger partial charge in [0.1, 0.15) is 0 Å². The van der Waals surface area contributed by atoms with E-state index in [-0.39, 0.29) is 9.52 Å². The van der Waals surface area contributed by atoms with Gasteiger partial charge in [-0.2, -0.15) is 0 Å². The summed E-state index contributed by atoms with van der Waals surface area (Å²) >= 11 is 0. The zero-order valence-electron chi connectivity index (χ0n) is 12.6. The number of rotatable bonds is 3. The molecule has 3 rings (SSSR count). The monoisotopic (exact) mass is 288 g/mol. The highest BCUT2D eigenvalue weighted by atomic mass is 28.2. The molecule has 0 aromatic heterocycles. The lowest BCUT2D eigenvalue weighted by Crippen LogP contribution is -2.15. The van der Waals surface area contributed by atoms with Crippen molar-refractivity contribution in [2.24, 2.45) is 0 Å². The minimum absolute atomic E-state index is 0.224. The van der Waals surface area contributed by atoms with Gasteiger partial charge in [0.05, 0.1) is 9.52 Å². The molecule has 0 atom stereocenters. The number of hydrogen-bond acceptors (Lipinski definition) is 0. The van der Waals surface area contributed by atoms with Crippen molar-refractivity contribution in [3.63, 3.8) is 0 Å².